The van der Waals surface area contributed by atoms with E-state index >= 15 is 0 Å². The number of rotatable bonds is 5. The largest absolute Gasteiger partial charge is 0.369 e. The molecule has 2 aromatic rings. The Morgan fingerprint density at radius 2 is 1.86 bits per heavy atom. The molecule has 2 fully saturated rings. The fraction of sp³-hybridized carbons (Fsp3) is 0.524. The molecule has 2 aliphatic rings. The van der Waals surface area contributed by atoms with E-state index in [2.05, 4.69) is 44.5 Å². The van der Waals surface area contributed by atoms with Crippen molar-refractivity contribution in [2.24, 2.45) is 0 Å². The zero-order valence-electron chi connectivity index (χ0n) is 16.9. The lowest BCUT2D eigenvalue weighted by Crippen LogP contribution is -2.46. The molecule has 29 heavy (non-hydrogen) atoms. The molecule has 4 rings (SSSR count). The number of piperazine rings is 1. The highest BCUT2D eigenvalue weighted by Crippen LogP contribution is 2.31. The van der Waals surface area contributed by atoms with Gasteiger partial charge in [0.25, 0.3) is 5.91 Å². The summed E-state index contributed by atoms with van der Waals surface area (Å²) in [6.45, 7) is 9.72. The fourth-order valence-electron chi connectivity index (χ4n) is 3.95. The number of hydrogen-bond donors (Lipinski definition) is 2. The first-order chi connectivity index (χ1) is 13.7. The van der Waals surface area contributed by atoms with Crippen LogP contribution in [0.2, 0.25) is 0 Å². The number of hydrogen-bond acceptors (Lipinski definition) is 6. The van der Waals surface area contributed by atoms with Crippen molar-refractivity contribution in [2.75, 3.05) is 56.0 Å². The molecule has 0 radical (unpaired) electrons. The smallest absolute Gasteiger partial charge is 0.257 e. The number of likely N-dealkylation sites (N-methyl/N-ethyl adjacent to an activating group) is 1. The normalized spacial score (nSPS) is 18.3. The molecule has 0 atom stereocenters. The molecule has 1 aromatic heterocycles. The molecule has 0 unspecified atom stereocenters. The highest BCUT2D eigenvalue weighted by atomic mass is 35.5. The number of benzene rings is 1. The van der Waals surface area contributed by atoms with Crippen LogP contribution in [0.4, 0.5) is 10.8 Å². The van der Waals surface area contributed by atoms with Crippen LogP contribution in [0.5, 0.6) is 0 Å². The van der Waals surface area contributed by atoms with Gasteiger partial charge in [0.1, 0.15) is 0 Å². The zero-order valence-corrected chi connectivity index (χ0v) is 18.5. The second kappa shape index (κ2) is 10.4. The number of carbonyl (C=O) groups is 1. The number of halogens is 1. The van der Waals surface area contributed by atoms with Crippen molar-refractivity contribution in [3.05, 3.63) is 40.9 Å². The first-order valence-corrected chi connectivity index (χ1v) is 11.1. The Balaban J connectivity index is 0.00000240. The third-order valence-electron chi connectivity index (χ3n) is 5.80. The fourth-order valence-corrected chi connectivity index (χ4v) is 4.93. The van der Waals surface area contributed by atoms with Crippen LogP contribution < -0.4 is 15.5 Å². The van der Waals surface area contributed by atoms with Gasteiger partial charge in [-0.15, -0.1) is 23.7 Å². The number of aromatic nitrogens is 1. The third kappa shape index (κ3) is 5.48. The summed E-state index contributed by atoms with van der Waals surface area (Å²) >= 11 is 1.61. The van der Waals surface area contributed by atoms with E-state index in [9.17, 15) is 4.79 Å². The molecule has 158 valence electrons. The van der Waals surface area contributed by atoms with Crippen molar-refractivity contribution >= 4 is 40.5 Å². The average Bonchev–Trinajstić information content (AvgIpc) is 3.23. The summed E-state index contributed by atoms with van der Waals surface area (Å²) < 4.78 is 0. The minimum Gasteiger partial charge on any atom is -0.369 e. The van der Waals surface area contributed by atoms with Crippen LogP contribution in [0.25, 0.3) is 0 Å². The number of carbonyl (C=O) groups excluding carboxylic acids is 1. The van der Waals surface area contributed by atoms with E-state index in [0.717, 1.165) is 58.7 Å². The monoisotopic (exact) mass is 435 g/mol. The van der Waals surface area contributed by atoms with Gasteiger partial charge in [0.05, 0.1) is 0 Å². The van der Waals surface area contributed by atoms with Gasteiger partial charge in [-0.25, -0.2) is 4.98 Å². The van der Waals surface area contributed by atoms with Crippen LogP contribution in [-0.2, 0) is 0 Å². The summed E-state index contributed by atoms with van der Waals surface area (Å²) in [6.07, 6.45) is 4.21. The van der Waals surface area contributed by atoms with Gasteiger partial charge in [-0.05, 0) is 62.7 Å². The van der Waals surface area contributed by atoms with E-state index < -0.39 is 0 Å². The highest BCUT2D eigenvalue weighted by molar-refractivity contribution is 7.15. The van der Waals surface area contributed by atoms with E-state index in [0.29, 0.717) is 16.6 Å². The van der Waals surface area contributed by atoms with Crippen LogP contribution in [0.3, 0.4) is 0 Å². The molecule has 0 aliphatic carbocycles. The number of nitrogens with zero attached hydrogens (tertiary/aromatic N) is 3. The second-order valence-corrected chi connectivity index (χ2v) is 8.58. The van der Waals surface area contributed by atoms with Crippen molar-refractivity contribution in [2.45, 2.75) is 25.7 Å². The Bertz CT molecular complexity index is 783. The van der Waals surface area contributed by atoms with Gasteiger partial charge in [0, 0.05) is 48.5 Å². The van der Waals surface area contributed by atoms with Crippen LogP contribution in [0, 0.1) is 0 Å². The van der Waals surface area contributed by atoms with E-state index in [4.69, 9.17) is 0 Å². The van der Waals surface area contributed by atoms with Crippen LogP contribution >= 0.6 is 23.7 Å². The van der Waals surface area contributed by atoms with Crippen molar-refractivity contribution in [1.82, 2.24) is 15.2 Å². The van der Waals surface area contributed by atoms with Crippen molar-refractivity contribution in [3.63, 3.8) is 0 Å². The van der Waals surface area contributed by atoms with Crippen LogP contribution in [0.1, 0.15) is 40.9 Å². The van der Waals surface area contributed by atoms with Gasteiger partial charge >= 0.3 is 0 Å². The van der Waals surface area contributed by atoms with Crippen molar-refractivity contribution in [1.29, 1.82) is 0 Å². The molecule has 2 N–H and O–H groups in total. The molecular formula is C21H30ClN5OS. The molecule has 2 aliphatic heterocycles. The van der Waals surface area contributed by atoms with Gasteiger partial charge in [-0.1, -0.05) is 6.92 Å². The summed E-state index contributed by atoms with van der Waals surface area (Å²) in [5, 5.41) is 7.04. The molecule has 0 bridgehead atoms. The summed E-state index contributed by atoms with van der Waals surface area (Å²) in [6, 6.07) is 7.94. The lowest BCUT2D eigenvalue weighted by atomic mass is 9.97. The number of piperidine rings is 1. The Labute approximate surface area is 183 Å². The molecular weight excluding hydrogens is 406 g/mol. The van der Waals surface area contributed by atoms with E-state index in [-0.39, 0.29) is 18.3 Å². The maximum atomic E-state index is 12.6. The Kier molecular flexibility index (Phi) is 7.89. The molecule has 0 saturated carbocycles. The van der Waals surface area contributed by atoms with Crippen LogP contribution in [-0.4, -0.2) is 61.6 Å². The van der Waals surface area contributed by atoms with Crippen molar-refractivity contribution in [3.8, 4) is 0 Å². The van der Waals surface area contributed by atoms with Gasteiger partial charge in [-0.2, -0.15) is 0 Å². The molecule has 0 spiro atoms. The summed E-state index contributed by atoms with van der Waals surface area (Å²) in [4.78, 5) is 23.1. The van der Waals surface area contributed by atoms with Crippen LogP contribution in [0.15, 0.2) is 30.5 Å². The minimum atomic E-state index is -0.0893. The SMILES string of the molecule is CCN1CCN(c2ccc(C(=O)Nc3ncc(C4CCNCC4)s3)cc2)CC1.Cl. The molecule has 1 amide bonds. The number of amides is 1. The van der Waals surface area contributed by atoms with Gasteiger partial charge in [0.2, 0.25) is 0 Å². The first-order valence-electron chi connectivity index (χ1n) is 10.3. The molecule has 1 aromatic carbocycles. The lowest BCUT2D eigenvalue weighted by molar-refractivity contribution is 0.102. The topological polar surface area (TPSA) is 60.5 Å². The first kappa shape index (κ1) is 22.0. The lowest BCUT2D eigenvalue weighted by Gasteiger charge is -2.35. The second-order valence-electron chi connectivity index (χ2n) is 7.51. The average molecular weight is 436 g/mol. The Morgan fingerprint density at radius 3 is 2.52 bits per heavy atom. The number of thiazole rings is 1. The quantitative estimate of drug-likeness (QED) is 0.753. The maximum absolute atomic E-state index is 12.6. The Morgan fingerprint density at radius 1 is 1.17 bits per heavy atom. The van der Waals surface area contributed by atoms with E-state index in [1.54, 1.807) is 11.3 Å². The number of anilines is 2. The van der Waals surface area contributed by atoms with E-state index in [1.165, 1.54) is 10.6 Å². The summed E-state index contributed by atoms with van der Waals surface area (Å²) in [5.74, 6) is 0.477. The van der Waals surface area contributed by atoms with Gasteiger partial charge in [-0.3, -0.25) is 10.1 Å². The standard InChI is InChI=1S/C21H29N5OS.ClH/c1-2-25-11-13-26(14-12-25)18-5-3-17(4-6-18)20(27)24-21-23-15-19(28-21)16-7-9-22-10-8-16;/h3-6,15-16,22H,2,7-14H2,1H3,(H,23,24,27);1H. The maximum Gasteiger partial charge on any atom is 0.257 e. The summed E-state index contributed by atoms with van der Waals surface area (Å²) in [7, 11) is 0. The predicted octanol–water partition coefficient (Wildman–Crippen LogP) is 3.43. The van der Waals surface area contributed by atoms with E-state index in [1.807, 2.05) is 18.3 Å². The molecule has 3 heterocycles. The summed E-state index contributed by atoms with van der Waals surface area (Å²) in [5.41, 5.74) is 1.87. The van der Waals surface area contributed by atoms with Crippen molar-refractivity contribution < 1.29 is 4.79 Å². The predicted molar refractivity (Wildman–Crippen MR) is 123 cm³/mol. The number of nitrogens with one attached hydrogen (secondary N) is 2. The third-order valence-corrected chi connectivity index (χ3v) is 6.87. The Hall–Kier alpha value is -1.67. The molecule has 8 heteroatoms. The molecule has 6 nitrogen and oxygen atoms in total. The zero-order chi connectivity index (χ0) is 19.3. The highest BCUT2D eigenvalue weighted by Gasteiger charge is 2.19. The minimum absolute atomic E-state index is 0. The van der Waals surface area contributed by atoms with Gasteiger partial charge < -0.3 is 15.1 Å². The van der Waals surface area contributed by atoms with Gasteiger partial charge in [0.15, 0.2) is 5.13 Å². The molecule has 2 saturated heterocycles.